The molecule has 0 saturated heterocycles. The first-order valence-corrected chi connectivity index (χ1v) is 4.70. The first-order chi connectivity index (χ1) is 7.10. The molecule has 0 aliphatic heterocycles. The van der Waals surface area contributed by atoms with Gasteiger partial charge in [0.05, 0.1) is 11.8 Å². The molecule has 0 spiro atoms. The Hall–Kier alpha value is -1.83. The minimum atomic E-state index is -0.280. The summed E-state index contributed by atoms with van der Waals surface area (Å²) >= 11 is 0. The molecule has 0 N–H and O–H groups in total. The van der Waals surface area contributed by atoms with Crippen LogP contribution in [-0.2, 0) is 0 Å². The molecule has 0 aliphatic rings. The third-order valence-corrected chi connectivity index (χ3v) is 2.03. The van der Waals surface area contributed by atoms with E-state index in [1.807, 2.05) is 13.0 Å². The molecule has 0 radical (unpaired) electrons. The summed E-state index contributed by atoms with van der Waals surface area (Å²) in [6.07, 6.45) is 0. The van der Waals surface area contributed by atoms with E-state index in [1.165, 1.54) is 4.90 Å². The van der Waals surface area contributed by atoms with Crippen LogP contribution in [0.25, 0.3) is 0 Å². The van der Waals surface area contributed by atoms with Crippen molar-refractivity contribution in [2.24, 2.45) is 0 Å². The second-order valence-corrected chi connectivity index (χ2v) is 3.12. The molecule has 80 valence electrons. The molecule has 0 bridgehead atoms. The van der Waals surface area contributed by atoms with Crippen molar-refractivity contribution in [3.05, 3.63) is 17.3 Å². The van der Waals surface area contributed by atoms with Gasteiger partial charge >= 0.3 is 0 Å². The third-order valence-electron chi connectivity index (χ3n) is 2.03. The standard InChI is InChI=1S/C10H13N3O2/c1-4-13(6-5-11)10(14)9-7(2)12-8(3)15-9/h4,6H2,1-3H3. The molecule has 0 unspecified atom stereocenters. The average molecular weight is 207 g/mol. The van der Waals surface area contributed by atoms with Crippen LogP contribution in [0.15, 0.2) is 4.42 Å². The van der Waals surface area contributed by atoms with Crippen molar-refractivity contribution >= 4 is 5.91 Å². The normalized spacial score (nSPS) is 9.73. The number of rotatable bonds is 3. The van der Waals surface area contributed by atoms with Gasteiger partial charge in [0.1, 0.15) is 6.54 Å². The van der Waals surface area contributed by atoms with Gasteiger partial charge in [-0.25, -0.2) is 4.98 Å². The van der Waals surface area contributed by atoms with Gasteiger partial charge < -0.3 is 9.32 Å². The summed E-state index contributed by atoms with van der Waals surface area (Å²) in [7, 11) is 0. The zero-order valence-corrected chi connectivity index (χ0v) is 9.07. The number of hydrogen-bond donors (Lipinski definition) is 0. The molecule has 0 aliphatic carbocycles. The maximum absolute atomic E-state index is 11.8. The average Bonchev–Trinajstić information content (AvgIpc) is 2.53. The topological polar surface area (TPSA) is 70.1 Å². The van der Waals surface area contributed by atoms with E-state index >= 15 is 0 Å². The van der Waals surface area contributed by atoms with Crippen LogP contribution in [-0.4, -0.2) is 28.9 Å². The van der Waals surface area contributed by atoms with E-state index in [-0.39, 0.29) is 18.2 Å². The molecule has 0 fully saturated rings. The number of nitrogens with zero attached hydrogens (tertiary/aromatic N) is 3. The summed E-state index contributed by atoms with van der Waals surface area (Å²) in [6, 6.07) is 1.94. The first-order valence-electron chi connectivity index (χ1n) is 4.70. The van der Waals surface area contributed by atoms with E-state index < -0.39 is 0 Å². The highest BCUT2D eigenvalue weighted by molar-refractivity contribution is 5.92. The Labute approximate surface area is 88.3 Å². The van der Waals surface area contributed by atoms with Gasteiger partial charge in [-0.05, 0) is 13.8 Å². The van der Waals surface area contributed by atoms with Crippen molar-refractivity contribution < 1.29 is 9.21 Å². The summed E-state index contributed by atoms with van der Waals surface area (Å²) in [6.45, 7) is 5.75. The molecule has 1 rings (SSSR count). The van der Waals surface area contributed by atoms with E-state index in [0.29, 0.717) is 18.1 Å². The third kappa shape index (κ3) is 2.34. The Balaban J connectivity index is 2.93. The maximum Gasteiger partial charge on any atom is 0.292 e. The molecular weight excluding hydrogens is 194 g/mol. The van der Waals surface area contributed by atoms with E-state index in [2.05, 4.69) is 4.98 Å². The van der Waals surface area contributed by atoms with Gasteiger partial charge in [0, 0.05) is 13.5 Å². The minimum absolute atomic E-state index is 0.0640. The van der Waals surface area contributed by atoms with Crippen molar-refractivity contribution in [1.82, 2.24) is 9.88 Å². The van der Waals surface area contributed by atoms with Gasteiger partial charge in [-0.3, -0.25) is 4.79 Å². The van der Waals surface area contributed by atoms with Crippen LogP contribution >= 0.6 is 0 Å². The number of oxazole rings is 1. The van der Waals surface area contributed by atoms with E-state index in [4.69, 9.17) is 9.68 Å². The Bertz CT molecular complexity index is 403. The highest BCUT2D eigenvalue weighted by atomic mass is 16.4. The van der Waals surface area contributed by atoms with Crippen molar-refractivity contribution in [2.45, 2.75) is 20.8 Å². The van der Waals surface area contributed by atoms with E-state index in [1.54, 1.807) is 13.8 Å². The van der Waals surface area contributed by atoms with Gasteiger partial charge in [-0.1, -0.05) is 0 Å². The highest BCUT2D eigenvalue weighted by Crippen LogP contribution is 2.12. The number of aryl methyl sites for hydroxylation is 2. The fraction of sp³-hybridized carbons (Fsp3) is 0.500. The van der Waals surface area contributed by atoms with Gasteiger partial charge in [0.15, 0.2) is 5.89 Å². The van der Waals surface area contributed by atoms with Crippen LogP contribution in [0.4, 0.5) is 0 Å². The van der Waals surface area contributed by atoms with Gasteiger partial charge in [-0.15, -0.1) is 0 Å². The van der Waals surface area contributed by atoms with Gasteiger partial charge in [0.2, 0.25) is 5.76 Å². The fourth-order valence-corrected chi connectivity index (χ4v) is 1.29. The van der Waals surface area contributed by atoms with E-state index in [9.17, 15) is 4.79 Å². The Kier molecular flexibility index (Phi) is 3.45. The molecule has 5 heteroatoms. The van der Waals surface area contributed by atoms with Crippen LogP contribution in [0.5, 0.6) is 0 Å². The first kappa shape index (κ1) is 11.2. The minimum Gasteiger partial charge on any atom is -0.436 e. The Morgan fingerprint density at radius 3 is 2.67 bits per heavy atom. The lowest BCUT2D eigenvalue weighted by Gasteiger charge is -2.15. The van der Waals surface area contributed by atoms with Crippen molar-refractivity contribution in [3.8, 4) is 6.07 Å². The largest absolute Gasteiger partial charge is 0.436 e. The fourth-order valence-electron chi connectivity index (χ4n) is 1.29. The van der Waals surface area contributed by atoms with Crippen LogP contribution in [0.3, 0.4) is 0 Å². The molecule has 0 saturated carbocycles. The number of carbonyl (C=O) groups is 1. The Morgan fingerprint density at radius 2 is 2.27 bits per heavy atom. The number of amides is 1. The van der Waals surface area contributed by atoms with Crippen molar-refractivity contribution in [3.63, 3.8) is 0 Å². The summed E-state index contributed by atoms with van der Waals surface area (Å²) < 4.78 is 5.19. The van der Waals surface area contributed by atoms with E-state index in [0.717, 1.165) is 0 Å². The highest BCUT2D eigenvalue weighted by Gasteiger charge is 2.20. The quantitative estimate of drug-likeness (QED) is 0.700. The zero-order chi connectivity index (χ0) is 11.4. The molecule has 1 aromatic rings. The maximum atomic E-state index is 11.8. The van der Waals surface area contributed by atoms with Crippen LogP contribution < -0.4 is 0 Å². The second kappa shape index (κ2) is 4.60. The molecule has 1 amide bonds. The van der Waals surface area contributed by atoms with Crippen molar-refractivity contribution in [1.29, 1.82) is 5.26 Å². The summed E-state index contributed by atoms with van der Waals surface area (Å²) in [5, 5.41) is 8.55. The van der Waals surface area contributed by atoms with Crippen molar-refractivity contribution in [2.75, 3.05) is 13.1 Å². The monoisotopic (exact) mass is 207 g/mol. The number of nitriles is 1. The number of aromatic nitrogens is 1. The molecular formula is C10H13N3O2. The zero-order valence-electron chi connectivity index (χ0n) is 9.07. The van der Waals surface area contributed by atoms with Gasteiger partial charge in [-0.2, -0.15) is 5.26 Å². The summed E-state index contributed by atoms with van der Waals surface area (Å²) in [5.74, 6) is 0.408. The van der Waals surface area contributed by atoms with Crippen LogP contribution in [0.1, 0.15) is 29.1 Å². The molecule has 15 heavy (non-hydrogen) atoms. The molecule has 5 nitrogen and oxygen atoms in total. The second-order valence-electron chi connectivity index (χ2n) is 3.12. The lowest BCUT2D eigenvalue weighted by atomic mass is 10.3. The van der Waals surface area contributed by atoms with Crippen LogP contribution in [0, 0.1) is 25.2 Å². The number of hydrogen-bond acceptors (Lipinski definition) is 4. The van der Waals surface area contributed by atoms with Gasteiger partial charge in [0.25, 0.3) is 5.91 Å². The molecule has 0 aromatic carbocycles. The lowest BCUT2D eigenvalue weighted by Crippen LogP contribution is -2.31. The predicted octanol–water partition coefficient (Wildman–Crippen LogP) is 1.28. The summed E-state index contributed by atoms with van der Waals surface area (Å²) in [5.41, 5.74) is 0.564. The number of carbonyl (C=O) groups excluding carboxylic acids is 1. The van der Waals surface area contributed by atoms with Crippen LogP contribution in [0.2, 0.25) is 0 Å². The lowest BCUT2D eigenvalue weighted by molar-refractivity contribution is 0.0750. The molecule has 1 heterocycles. The SMILES string of the molecule is CCN(CC#N)C(=O)c1oc(C)nc1C. The Morgan fingerprint density at radius 1 is 1.60 bits per heavy atom. The smallest absolute Gasteiger partial charge is 0.292 e. The molecule has 1 aromatic heterocycles. The predicted molar refractivity (Wildman–Crippen MR) is 53.2 cm³/mol. The molecule has 0 atom stereocenters. The summed E-state index contributed by atoms with van der Waals surface area (Å²) in [4.78, 5) is 17.3.